The minimum absolute atomic E-state index is 0.622. The van der Waals surface area contributed by atoms with Crippen molar-refractivity contribution in [3.05, 3.63) is 218 Å². The Hall–Kier alpha value is -8.21. The first-order valence-electron chi connectivity index (χ1n) is 20.7. The lowest BCUT2D eigenvalue weighted by molar-refractivity contribution is 1.08. The smallest absolute Gasteiger partial charge is 0.165 e. The summed E-state index contributed by atoms with van der Waals surface area (Å²) in [5, 5.41) is 9.31. The Kier molecular flexibility index (Phi) is 8.13. The van der Waals surface area contributed by atoms with E-state index in [1.807, 2.05) is 6.07 Å². The largest absolute Gasteiger partial charge is 0.309 e. The Morgan fingerprint density at radius 2 is 0.852 bits per heavy atom. The van der Waals surface area contributed by atoms with E-state index < -0.39 is 0 Å². The molecule has 2 aromatic heterocycles. The molecule has 2 heterocycles. The average Bonchev–Trinajstić information content (AvgIpc) is 3.67. The van der Waals surface area contributed by atoms with Gasteiger partial charge >= 0.3 is 0 Å². The fraction of sp³-hybridized carbons (Fsp3) is 0. The van der Waals surface area contributed by atoms with Gasteiger partial charge in [-0.25, -0.2) is 15.0 Å². The number of rotatable bonds is 6. The van der Waals surface area contributed by atoms with Gasteiger partial charge < -0.3 is 4.57 Å². The van der Waals surface area contributed by atoms with Crippen molar-refractivity contribution in [2.75, 3.05) is 0 Å². The van der Waals surface area contributed by atoms with Crippen molar-refractivity contribution in [3.8, 4) is 62.1 Å². The second-order valence-corrected chi connectivity index (χ2v) is 15.6. The maximum absolute atomic E-state index is 5.46. The number of hydrogen-bond donors (Lipinski definition) is 0. The van der Waals surface area contributed by atoms with Crippen LogP contribution in [0.3, 0.4) is 0 Å². The zero-order valence-corrected chi connectivity index (χ0v) is 33.1. The molecular weight excluding hydrogens is 741 g/mol. The number of aromatic nitrogens is 4. The number of nitrogens with zero attached hydrogens (tertiary/aromatic N) is 4. The van der Waals surface area contributed by atoms with E-state index in [1.165, 1.54) is 38.0 Å². The molecule has 0 amide bonds. The van der Waals surface area contributed by atoms with Crippen LogP contribution in [0.2, 0.25) is 0 Å². The van der Waals surface area contributed by atoms with E-state index in [-0.39, 0.29) is 0 Å². The first kappa shape index (κ1) is 34.8. The number of para-hydroxylation sites is 2. The van der Waals surface area contributed by atoms with Crippen LogP contribution in [0.5, 0.6) is 0 Å². The van der Waals surface area contributed by atoms with Crippen LogP contribution >= 0.6 is 0 Å². The van der Waals surface area contributed by atoms with Crippen molar-refractivity contribution in [2.24, 2.45) is 0 Å². The number of benzene rings is 10. The van der Waals surface area contributed by atoms with Crippen molar-refractivity contribution in [3.63, 3.8) is 0 Å². The fourth-order valence-corrected chi connectivity index (χ4v) is 9.17. The summed E-state index contributed by atoms with van der Waals surface area (Å²) in [4.78, 5) is 16.2. The highest BCUT2D eigenvalue weighted by atomic mass is 15.0. The molecule has 0 radical (unpaired) electrons. The van der Waals surface area contributed by atoms with Crippen LogP contribution in [0.4, 0.5) is 0 Å². The van der Waals surface area contributed by atoms with Crippen LogP contribution in [-0.2, 0) is 0 Å². The molecular formula is C57H36N4. The highest BCUT2D eigenvalue weighted by Crippen LogP contribution is 2.41. The zero-order valence-electron chi connectivity index (χ0n) is 33.1. The predicted molar refractivity (Wildman–Crippen MR) is 254 cm³/mol. The lowest BCUT2D eigenvalue weighted by atomic mass is 9.93. The normalized spacial score (nSPS) is 11.6. The molecule has 12 aromatic rings. The van der Waals surface area contributed by atoms with E-state index in [9.17, 15) is 0 Å². The Balaban J connectivity index is 1.10. The zero-order chi connectivity index (χ0) is 40.3. The summed E-state index contributed by atoms with van der Waals surface area (Å²) >= 11 is 0. The van der Waals surface area contributed by atoms with Crippen LogP contribution < -0.4 is 0 Å². The van der Waals surface area contributed by atoms with Crippen LogP contribution in [0.15, 0.2) is 218 Å². The fourth-order valence-electron chi connectivity index (χ4n) is 9.17. The first-order chi connectivity index (χ1) is 30.2. The van der Waals surface area contributed by atoms with E-state index in [4.69, 9.17) is 15.0 Å². The van der Waals surface area contributed by atoms with E-state index in [1.54, 1.807) is 0 Å². The lowest BCUT2D eigenvalue weighted by Gasteiger charge is -2.16. The van der Waals surface area contributed by atoms with Crippen LogP contribution in [0.25, 0.3) is 116 Å². The summed E-state index contributed by atoms with van der Waals surface area (Å²) in [5.74, 6) is 1.88. The molecule has 0 fully saturated rings. The molecule has 284 valence electrons. The molecule has 10 aromatic carbocycles. The van der Waals surface area contributed by atoms with Gasteiger partial charge in [0.1, 0.15) is 0 Å². The molecule has 0 N–H and O–H groups in total. The monoisotopic (exact) mass is 776 g/mol. The third-order valence-electron chi connectivity index (χ3n) is 12.0. The van der Waals surface area contributed by atoms with Crippen LogP contribution in [0, 0.1) is 0 Å². The Bertz CT molecular complexity index is 3630. The minimum Gasteiger partial charge on any atom is -0.309 e. The van der Waals surface area contributed by atoms with Crippen molar-refractivity contribution in [1.82, 2.24) is 19.5 Å². The van der Waals surface area contributed by atoms with Gasteiger partial charge in [-0.05, 0) is 91.0 Å². The average molecular weight is 777 g/mol. The minimum atomic E-state index is 0.622. The lowest BCUT2D eigenvalue weighted by Crippen LogP contribution is -2.02. The summed E-state index contributed by atoms with van der Waals surface area (Å²) in [6.07, 6.45) is 0. The van der Waals surface area contributed by atoms with Gasteiger partial charge in [0.15, 0.2) is 17.5 Å². The van der Waals surface area contributed by atoms with Gasteiger partial charge in [0.05, 0.1) is 11.0 Å². The number of hydrogen-bond acceptors (Lipinski definition) is 3. The second-order valence-electron chi connectivity index (χ2n) is 15.6. The molecule has 0 spiro atoms. The van der Waals surface area contributed by atoms with Crippen molar-refractivity contribution in [2.45, 2.75) is 0 Å². The maximum atomic E-state index is 5.46. The van der Waals surface area contributed by atoms with Gasteiger partial charge in [0, 0.05) is 33.2 Å². The third-order valence-corrected chi connectivity index (χ3v) is 12.0. The Labute approximate surface area is 352 Å². The van der Waals surface area contributed by atoms with E-state index in [0.717, 1.165) is 60.7 Å². The summed E-state index contributed by atoms with van der Waals surface area (Å²) < 4.78 is 2.35. The van der Waals surface area contributed by atoms with E-state index in [0.29, 0.717) is 17.5 Å². The summed E-state index contributed by atoms with van der Waals surface area (Å²) in [6.45, 7) is 0. The highest BCUT2D eigenvalue weighted by Gasteiger charge is 2.21. The van der Waals surface area contributed by atoms with Gasteiger partial charge in [-0.1, -0.05) is 182 Å². The molecule has 0 atom stereocenters. The first-order valence-corrected chi connectivity index (χ1v) is 20.7. The van der Waals surface area contributed by atoms with Crippen LogP contribution in [0.1, 0.15) is 0 Å². The molecule has 12 rings (SSSR count). The van der Waals surface area contributed by atoms with Gasteiger partial charge in [-0.2, -0.15) is 0 Å². The van der Waals surface area contributed by atoms with E-state index in [2.05, 4.69) is 217 Å². The molecule has 0 aliphatic rings. The molecule has 0 saturated heterocycles. The maximum Gasteiger partial charge on any atom is 0.165 e. The molecule has 0 saturated carbocycles. The standard InChI is InChI=1S/C57H36N4/c1-3-15-37(16-4-1)38-27-29-40(30-28-38)55-58-56(60-57(59-55)54-46-23-10-8-18-41(46)35-50-44-21-9-7-17-39(44)31-33-48(50)54)49-25-12-11-22-45(49)42-32-34-53-51(36-42)47-24-13-14-26-52(47)61(53)43-19-5-2-6-20-43/h1-36H. The molecule has 4 heteroatoms. The van der Waals surface area contributed by atoms with Crippen LogP contribution in [-0.4, -0.2) is 19.5 Å². The summed E-state index contributed by atoms with van der Waals surface area (Å²) in [7, 11) is 0. The molecule has 0 aliphatic carbocycles. The number of fused-ring (bicyclic) bond motifs is 7. The molecule has 0 unspecified atom stereocenters. The van der Waals surface area contributed by atoms with Crippen molar-refractivity contribution >= 4 is 54.1 Å². The molecule has 61 heavy (non-hydrogen) atoms. The summed E-state index contributed by atoms with van der Waals surface area (Å²) in [5.41, 5.74) is 10.8. The highest BCUT2D eigenvalue weighted by molar-refractivity contribution is 6.19. The Morgan fingerprint density at radius 3 is 1.67 bits per heavy atom. The topological polar surface area (TPSA) is 43.6 Å². The van der Waals surface area contributed by atoms with Crippen molar-refractivity contribution < 1.29 is 0 Å². The SMILES string of the molecule is c1ccc(-c2ccc(-c3nc(-c4ccccc4-c4ccc5c(c4)c4ccccc4n5-c4ccccc4)nc(-c4c5ccccc5cc5c4ccc4ccccc45)n3)cc2)cc1. The molecule has 0 bridgehead atoms. The quantitative estimate of drug-likeness (QED) is 0.125. The molecule has 0 aliphatic heterocycles. The van der Waals surface area contributed by atoms with E-state index >= 15 is 0 Å². The van der Waals surface area contributed by atoms with Gasteiger partial charge in [-0.15, -0.1) is 0 Å². The van der Waals surface area contributed by atoms with Gasteiger partial charge in [0.25, 0.3) is 0 Å². The second kappa shape index (κ2) is 14.3. The van der Waals surface area contributed by atoms with Gasteiger partial charge in [0.2, 0.25) is 0 Å². The summed E-state index contributed by atoms with van der Waals surface area (Å²) in [6, 6.07) is 77.5. The van der Waals surface area contributed by atoms with Gasteiger partial charge in [-0.3, -0.25) is 0 Å². The third kappa shape index (κ3) is 5.88. The Morgan fingerprint density at radius 1 is 0.279 bits per heavy atom. The predicted octanol–water partition coefficient (Wildman–Crippen LogP) is 14.8. The molecule has 4 nitrogen and oxygen atoms in total. The van der Waals surface area contributed by atoms with Crippen molar-refractivity contribution in [1.29, 1.82) is 0 Å².